The van der Waals surface area contributed by atoms with Gasteiger partial charge in [-0.15, -0.1) is 11.3 Å². The van der Waals surface area contributed by atoms with E-state index in [2.05, 4.69) is 36.5 Å². The van der Waals surface area contributed by atoms with Crippen LogP contribution in [0, 0.1) is 18.8 Å². The van der Waals surface area contributed by atoms with Crippen molar-refractivity contribution in [1.29, 1.82) is 0 Å². The van der Waals surface area contributed by atoms with E-state index >= 15 is 0 Å². The fourth-order valence-electron chi connectivity index (χ4n) is 3.51. The van der Waals surface area contributed by atoms with Crippen LogP contribution in [0.4, 0.5) is 0 Å². The van der Waals surface area contributed by atoms with Crippen LogP contribution in [0.15, 0.2) is 5.38 Å². The van der Waals surface area contributed by atoms with Crippen LogP contribution in [0.1, 0.15) is 56.7 Å². The van der Waals surface area contributed by atoms with E-state index in [9.17, 15) is 0 Å². The van der Waals surface area contributed by atoms with Crippen molar-refractivity contribution in [3.8, 4) is 0 Å². The first kappa shape index (κ1) is 15.0. The van der Waals surface area contributed by atoms with E-state index in [0.29, 0.717) is 6.04 Å². The first-order valence-electron chi connectivity index (χ1n) is 7.87. The number of nitrogens with zero attached hydrogens (tertiary/aromatic N) is 1. The van der Waals surface area contributed by atoms with Crippen molar-refractivity contribution in [3.05, 3.63) is 16.1 Å². The van der Waals surface area contributed by atoms with E-state index in [0.717, 1.165) is 18.4 Å². The van der Waals surface area contributed by atoms with Crippen molar-refractivity contribution in [2.24, 2.45) is 11.8 Å². The summed E-state index contributed by atoms with van der Waals surface area (Å²) in [6.45, 7) is 7.73. The molecule has 1 N–H and O–H groups in total. The summed E-state index contributed by atoms with van der Waals surface area (Å²) in [6, 6.07) is 0.710. The van der Waals surface area contributed by atoms with E-state index in [1.807, 2.05) is 11.3 Å². The van der Waals surface area contributed by atoms with Crippen LogP contribution in [0.3, 0.4) is 0 Å². The third-order valence-electron chi connectivity index (χ3n) is 4.36. The Morgan fingerprint density at radius 2 is 2.21 bits per heavy atom. The highest BCUT2D eigenvalue weighted by atomic mass is 32.1. The molecule has 19 heavy (non-hydrogen) atoms. The van der Waals surface area contributed by atoms with Crippen molar-refractivity contribution in [2.45, 2.75) is 65.3 Å². The minimum Gasteiger partial charge on any atom is -0.314 e. The quantitative estimate of drug-likeness (QED) is 0.845. The van der Waals surface area contributed by atoms with Gasteiger partial charge in [-0.3, -0.25) is 0 Å². The third kappa shape index (κ3) is 4.28. The lowest BCUT2D eigenvalue weighted by molar-refractivity contribution is 0.195. The summed E-state index contributed by atoms with van der Waals surface area (Å²) in [5.41, 5.74) is 1.18. The lowest BCUT2D eigenvalue weighted by Gasteiger charge is -2.36. The SMILES string of the molecule is CCCC1CCC(NCC)C(Cc2nc(C)cs2)C1. The largest absolute Gasteiger partial charge is 0.314 e. The fourth-order valence-corrected chi connectivity index (χ4v) is 4.38. The number of aryl methyl sites for hydroxylation is 1. The van der Waals surface area contributed by atoms with Crippen LogP contribution in [-0.4, -0.2) is 17.6 Å². The average Bonchev–Trinajstić information content (AvgIpc) is 2.79. The zero-order valence-electron chi connectivity index (χ0n) is 12.6. The third-order valence-corrected chi connectivity index (χ3v) is 5.35. The molecular weight excluding hydrogens is 252 g/mol. The maximum atomic E-state index is 4.66. The lowest BCUT2D eigenvalue weighted by atomic mass is 9.75. The van der Waals surface area contributed by atoms with Crippen molar-refractivity contribution >= 4 is 11.3 Å². The van der Waals surface area contributed by atoms with Gasteiger partial charge in [0, 0.05) is 23.5 Å². The topological polar surface area (TPSA) is 24.9 Å². The van der Waals surface area contributed by atoms with Gasteiger partial charge in [0.2, 0.25) is 0 Å². The molecule has 108 valence electrons. The van der Waals surface area contributed by atoms with E-state index in [1.165, 1.54) is 49.2 Å². The van der Waals surface area contributed by atoms with Gasteiger partial charge >= 0.3 is 0 Å². The second-order valence-corrected chi connectivity index (χ2v) is 6.92. The summed E-state index contributed by atoms with van der Waals surface area (Å²) in [5, 5.41) is 7.22. The summed E-state index contributed by atoms with van der Waals surface area (Å²) < 4.78 is 0. The molecule has 2 rings (SSSR count). The van der Waals surface area contributed by atoms with Gasteiger partial charge in [0.1, 0.15) is 0 Å². The molecule has 1 heterocycles. The standard InChI is InChI=1S/C16H28N2S/c1-4-6-13-7-8-15(17-5-2)14(9-13)10-16-18-12(3)11-19-16/h11,13-15,17H,4-10H2,1-3H3. The Bertz CT molecular complexity index is 375. The molecule has 0 amide bonds. The predicted molar refractivity (Wildman–Crippen MR) is 83.8 cm³/mol. The van der Waals surface area contributed by atoms with Crippen LogP contribution in [-0.2, 0) is 6.42 Å². The van der Waals surface area contributed by atoms with Crippen molar-refractivity contribution < 1.29 is 0 Å². The van der Waals surface area contributed by atoms with Gasteiger partial charge in [0.05, 0.1) is 5.01 Å². The predicted octanol–water partition coefficient (Wildman–Crippen LogP) is 4.19. The Morgan fingerprint density at radius 1 is 1.37 bits per heavy atom. The molecule has 1 aliphatic rings. The van der Waals surface area contributed by atoms with E-state index in [4.69, 9.17) is 0 Å². The second kappa shape index (κ2) is 7.39. The highest BCUT2D eigenvalue weighted by molar-refractivity contribution is 7.09. The molecule has 1 aliphatic carbocycles. The van der Waals surface area contributed by atoms with E-state index < -0.39 is 0 Å². The van der Waals surface area contributed by atoms with E-state index in [-0.39, 0.29) is 0 Å². The molecule has 0 bridgehead atoms. The van der Waals surface area contributed by atoms with Gasteiger partial charge in [-0.05, 0) is 44.6 Å². The fraction of sp³-hybridized carbons (Fsp3) is 0.812. The van der Waals surface area contributed by atoms with Crippen molar-refractivity contribution in [2.75, 3.05) is 6.54 Å². The summed E-state index contributed by atoms with van der Waals surface area (Å²) in [6.07, 6.45) is 8.08. The lowest BCUT2D eigenvalue weighted by Crippen LogP contribution is -2.41. The molecule has 1 fully saturated rings. The van der Waals surface area contributed by atoms with E-state index in [1.54, 1.807) is 0 Å². The monoisotopic (exact) mass is 280 g/mol. The first-order valence-corrected chi connectivity index (χ1v) is 8.75. The minimum atomic E-state index is 0.710. The van der Waals surface area contributed by atoms with Gasteiger partial charge in [0.25, 0.3) is 0 Å². The minimum absolute atomic E-state index is 0.710. The highest BCUT2D eigenvalue weighted by Crippen LogP contribution is 2.34. The Balaban J connectivity index is 1.98. The van der Waals surface area contributed by atoms with Gasteiger partial charge in [-0.1, -0.05) is 26.7 Å². The van der Waals surface area contributed by atoms with Crippen LogP contribution >= 0.6 is 11.3 Å². The number of aromatic nitrogens is 1. The van der Waals surface area contributed by atoms with Gasteiger partial charge in [0.15, 0.2) is 0 Å². The van der Waals surface area contributed by atoms with Crippen LogP contribution in [0.5, 0.6) is 0 Å². The van der Waals surface area contributed by atoms with Crippen LogP contribution in [0.2, 0.25) is 0 Å². The number of thiazole rings is 1. The van der Waals surface area contributed by atoms with Crippen molar-refractivity contribution in [3.63, 3.8) is 0 Å². The van der Waals surface area contributed by atoms with Gasteiger partial charge in [-0.25, -0.2) is 4.98 Å². The molecule has 1 aromatic heterocycles. The first-order chi connectivity index (χ1) is 9.22. The maximum absolute atomic E-state index is 4.66. The highest BCUT2D eigenvalue weighted by Gasteiger charge is 2.30. The number of hydrogen-bond acceptors (Lipinski definition) is 3. The molecule has 0 saturated heterocycles. The molecule has 0 radical (unpaired) electrons. The summed E-state index contributed by atoms with van der Waals surface area (Å²) >= 11 is 1.84. The normalized spacial score (nSPS) is 27.6. The summed E-state index contributed by atoms with van der Waals surface area (Å²) in [5.74, 6) is 1.74. The van der Waals surface area contributed by atoms with Crippen molar-refractivity contribution in [1.82, 2.24) is 10.3 Å². The van der Waals surface area contributed by atoms with Crippen LogP contribution < -0.4 is 5.32 Å². The number of rotatable bonds is 6. The molecular formula is C16H28N2S. The number of nitrogens with one attached hydrogen (secondary N) is 1. The van der Waals surface area contributed by atoms with Gasteiger partial charge in [-0.2, -0.15) is 0 Å². The molecule has 0 aliphatic heterocycles. The molecule has 1 saturated carbocycles. The Kier molecular flexibility index (Phi) is 5.83. The van der Waals surface area contributed by atoms with Gasteiger partial charge < -0.3 is 5.32 Å². The van der Waals surface area contributed by atoms with Crippen LogP contribution in [0.25, 0.3) is 0 Å². The average molecular weight is 280 g/mol. The molecule has 2 nitrogen and oxygen atoms in total. The Labute approximate surface area is 122 Å². The molecule has 0 aromatic carbocycles. The summed E-state index contributed by atoms with van der Waals surface area (Å²) in [7, 11) is 0. The Hall–Kier alpha value is -0.410. The second-order valence-electron chi connectivity index (χ2n) is 5.98. The molecule has 1 aromatic rings. The molecule has 3 heteroatoms. The molecule has 0 spiro atoms. The summed E-state index contributed by atoms with van der Waals surface area (Å²) in [4.78, 5) is 4.66. The zero-order valence-corrected chi connectivity index (χ0v) is 13.4. The molecule has 3 unspecified atom stereocenters. The molecule has 3 atom stereocenters. The Morgan fingerprint density at radius 3 is 2.84 bits per heavy atom. The smallest absolute Gasteiger partial charge is 0.0931 e. The number of hydrogen-bond donors (Lipinski definition) is 1. The zero-order chi connectivity index (χ0) is 13.7. The maximum Gasteiger partial charge on any atom is 0.0931 e.